The van der Waals surface area contributed by atoms with Gasteiger partial charge in [-0.25, -0.2) is 0 Å². The van der Waals surface area contributed by atoms with E-state index < -0.39 is 0 Å². The molecule has 2 N–H and O–H groups in total. The first-order valence-corrected chi connectivity index (χ1v) is 9.59. The Morgan fingerprint density at radius 3 is 2.50 bits per heavy atom. The molecule has 146 valence electrons. The van der Waals surface area contributed by atoms with Gasteiger partial charge in [0.15, 0.2) is 0 Å². The molecule has 4 aliphatic rings. The van der Waals surface area contributed by atoms with Crippen LogP contribution in [-0.4, -0.2) is 60.5 Å². The van der Waals surface area contributed by atoms with Crippen LogP contribution in [0, 0.1) is 11.8 Å². The monoisotopic (exact) mass is 400 g/mol. The fourth-order valence-corrected chi connectivity index (χ4v) is 5.81. The minimum Gasteiger partial charge on any atom is -0.396 e. The van der Waals surface area contributed by atoms with Crippen molar-refractivity contribution in [2.45, 2.75) is 43.4 Å². The Labute approximate surface area is 168 Å². The van der Waals surface area contributed by atoms with Crippen molar-refractivity contribution in [2.75, 3.05) is 32.8 Å². The normalized spacial score (nSPS) is 36.4. The molecule has 0 radical (unpaired) electrons. The molecule has 3 fully saturated rings. The molecule has 5 rings (SSSR count). The molecule has 3 aliphatic heterocycles. The molecule has 6 heteroatoms. The second-order valence-corrected chi connectivity index (χ2v) is 8.23. The van der Waals surface area contributed by atoms with Crippen LogP contribution in [0.2, 0.25) is 0 Å². The molecule has 0 aromatic heterocycles. The largest absolute Gasteiger partial charge is 0.396 e. The van der Waals surface area contributed by atoms with Gasteiger partial charge in [-0.2, -0.15) is 0 Å². The van der Waals surface area contributed by atoms with Gasteiger partial charge in [0.2, 0.25) is 0 Å². The number of hydrogen-bond acceptors (Lipinski definition) is 4. The van der Waals surface area contributed by atoms with E-state index in [1.54, 1.807) is 11.1 Å². The van der Waals surface area contributed by atoms with E-state index in [1.165, 1.54) is 25.7 Å². The van der Waals surface area contributed by atoms with Crippen molar-refractivity contribution in [3.63, 3.8) is 0 Å². The number of rotatable bonds is 2. The Kier molecular flexibility index (Phi) is 6.22. The van der Waals surface area contributed by atoms with Crippen molar-refractivity contribution >= 4 is 24.8 Å². The third kappa shape index (κ3) is 3.19. The van der Waals surface area contributed by atoms with Gasteiger partial charge in [0.05, 0.1) is 11.7 Å². The number of morpholine rings is 1. The van der Waals surface area contributed by atoms with Gasteiger partial charge >= 0.3 is 0 Å². The lowest BCUT2D eigenvalue weighted by Gasteiger charge is -2.35. The topological polar surface area (TPSA) is 44.7 Å². The zero-order valence-electron chi connectivity index (χ0n) is 15.1. The van der Waals surface area contributed by atoms with Gasteiger partial charge in [0, 0.05) is 50.7 Å². The van der Waals surface area contributed by atoms with Gasteiger partial charge in [-0.3, -0.25) is 4.90 Å². The molecule has 1 spiro atoms. The number of aliphatic hydroxyl groups excluding tert-OH is 1. The van der Waals surface area contributed by atoms with Crippen LogP contribution < -0.4 is 5.32 Å². The summed E-state index contributed by atoms with van der Waals surface area (Å²) in [7, 11) is 0. The number of ether oxygens (including phenoxy) is 1. The average molecular weight is 401 g/mol. The Hall–Kier alpha value is -0.360. The number of hydrogen-bond donors (Lipinski definition) is 2. The Balaban J connectivity index is 0.000000980. The first kappa shape index (κ1) is 20.4. The molecule has 4 atom stereocenters. The third-order valence-electron chi connectivity index (χ3n) is 7.07. The first-order chi connectivity index (χ1) is 11.8. The smallest absolute Gasteiger partial charge is 0.0981 e. The minimum atomic E-state index is -0.0462. The summed E-state index contributed by atoms with van der Waals surface area (Å²) in [5.74, 6) is 0.807. The van der Waals surface area contributed by atoms with E-state index in [0.717, 1.165) is 26.2 Å². The van der Waals surface area contributed by atoms with Crippen molar-refractivity contribution in [1.29, 1.82) is 0 Å². The third-order valence-corrected chi connectivity index (χ3v) is 7.07. The van der Waals surface area contributed by atoms with Crippen LogP contribution in [0.5, 0.6) is 0 Å². The lowest BCUT2D eigenvalue weighted by atomic mass is 9.83. The molecule has 0 saturated carbocycles. The van der Waals surface area contributed by atoms with Crippen LogP contribution in [0.25, 0.3) is 0 Å². The summed E-state index contributed by atoms with van der Waals surface area (Å²) in [5, 5.41) is 13.5. The van der Waals surface area contributed by atoms with Crippen molar-refractivity contribution in [1.82, 2.24) is 10.2 Å². The van der Waals surface area contributed by atoms with E-state index in [1.807, 2.05) is 0 Å². The summed E-state index contributed by atoms with van der Waals surface area (Å²) < 4.78 is 6.46. The molecule has 0 amide bonds. The van der Waals surface area contributed by atoms with Gasteiger partial charge in [-0.1, -0.05) is 24.3 Å². The molecule has 4 nitrogen and oxygen atoms in total. The molecular formula is C20H30Cl2N2O2. The van der Waals surface area contributed by atoms with Gasteiger partial charge in [0.1, 0.15) is 0 Å². The number of fused-ring (bicyclic) bond motifs is 2. The van der Waals surface area contributed by atoms with E-state index in [0.29, 0.717) is 17.9 Å². The minimum absolute atomic E-state index is 0. The second kappa shape index (κ2) is 7.94. The highest BCUT2D eigenvalue weighted by molar-refractivity contribution is 5.85. The van der Waals surface area contributed by atoms with E-state index in [4.69, 9.17) is 4.74 Å². The van der Waals surface area contributed by atoms with Gasteiger partial charge in [0.25, 0.3) is 0 Å². The molecule has 3 saturated heterocycles. The van der Waals surface area contributed by atoms with E-state index >= 15 is 0 Å². The summed E-state index contributed by atoms with van der Waals surface area (Å²) in [6.45, 7) is 4.27. The van der Waals surface area contributed by atoms with Crippen molar-refractivity contribution in [2.24, 2.45) is 11.8 Å². The molecule has 1 aromatic rings. The van der Waals surface area contributed by atoms with Crippen molar-refractivity contribution in [3.05, 3.63) is 35.4 Å². The van der Waals surface area contributed by atoms with Crippen LogP contribution in [0.4, 0.5) is 0 Å². The quantitative estimate of drug-likeness (QED) is 0.745. The number of nitrogens with zero attached hydrogens (tertiary/aromatic N) is 1. The average Bonchev–Trinajstić information content (AvgIpc) is 2.93. The second-order valence-electron chi connectivity index (χ2n) is 8.23. The van der Waals surface area contributed by atoms with E-state index in [9.17, 15) is 5.11 Å². The van der Waals surface area contributed by atoms with Crippen molar-refractivity contribution < 1.29 is 9.84 Å². The van der Waals surface area contributed by atoms with Gasteiger partial charge in [-0.15, -0.1) is 24.8 Å². The van der Waals surface area contributed by atoms with Crippen molar-refractivity contribution in [3.8, 4) is 0 Å². The summed E-state index contributed by atoms with van der Waals surface area (Å²) in [5.41, 5.74) is 3.04. The number of benzene rings is 1. The SMILES string of the molecule is Cl.Cl.OC[C@H]1[C@H]2CN(C3CCc4ccccc4CC3)C[C@]23CNC[C@H]1O3. The molecular weight excluding hydrogens is 371 g/mol. The summed E-state index contributed by atoms with van der Waals surface area (Å²) in [6.07, 6.45) is 5.11. The number of nitrogens with one attached hydrogen (secondary N) is 1. The number of aliphatic hydroxyl groups is 1. The molecule has 1 aliphatic carbocycles. The number of likely N-dealkylation sites (tertiary alicyclic amines) is 1. The zero-order chi connectivity index (χ0) is 16.1. The highest BCUT2D eigenvalue weighted by Crippen LogP contribution is 2.48. The molecule has 0 unspecified atom stereocenters. The fourth-order valence-electron chi connectivity index (χ4n) is 5.81. The van der Waals surface area contributed by atoms with E-state index in [-0.39, 0.29) is 43.1 Å². The highest BCUT2D eigenvalue weighted by Gasteiger charge is 2.61. The first-order valence-electron chi connectivity index (χ1n) is 9.59. The molecule has 26 heavy (non-hydrogen) atoms. The van der Waals surface area contributed by atoms with Crippen LogP contribution in [0.15, 0.2) is 24.3 Å². The fraction of sp³-hybridized carbons (Fsp3) is 0.700. The predicted octanol–water partition coefficient (Wildman–Crippen LogP) is 2.06. The summed E-state index contributed by atoms with van der Waals surface area (Å²) >= 11 is 0. The number of aryl methyl sites for hydroxylation is 2. The Morgan fingerprint density at radius 2 is 1.85 bits per heavy atom. The van der Waals surface area contributed by atoms with Crippen LogP contribution in [0.3, 0.4) is 0 Å². The van der Waals surface area contributed by atoms with Crippen LogP contribution in [0.1, 0.15) is 24.0 Å². The van der Waals surface area contributed by atoms with Gasteiger partial charge < -0.3 is 15.2 Å². The van der Waals surface area contributed by atoms with E-state index in [2.05, 4.69) is 34.5 Å². The molecule has 3 heterocycles. The van der Waals surface area contributed by atoms with Crippen LogP contribution >= 0.6 is 24.8 Å². The summed E-state index contributed by atoms with van der Waals surface area (Å²) in [6, 6.07) is 9.60. The zero-order valence-corrected chi connectivity index (χ0v) is 16.7. The standard InChI is InChI=1S/C20H28N2O2.2ClH/c23-11-17-18-10-22(13-20(18)12-21-9-19(17)24-20)16-7-5-14-3-1-2-4-15(14)6-8-16;;/h1-4,16-19,21,23H,5-13H2;2*1H/t17-,18+,19+,20+;;/m0../s1. The lowest BCUT2D eigenvalue weighted by Crippen LogP contribution is -2.52. The van der Waals surface area contributed by atoms with Gasteiger partial charge in [-0.05, 0) is 36.8 Å². The number of halogens is 2. The summed E-state index contributed by atoms with van der Waals surface area (Å²) in [4.78, 5) is 2.68. The Morgan fingerprint density at radius 1 is 1.15 bits per heavy atom. The lowest BCUT2D eigenvalue weighted by molar-refractivity contribution is -0.0767. The highest BCUT2D eigenvalue weighted by atomic mass is 35.5. The maximum absolute atomic E-state index is 9.89. The van der Waals surface area contributed by atoms with Crippen LogP contribution in [-0.2, 0) is 17.6 Å². The molecule has 2 bridgehead atoms. The maximum Gasteiger partial charge on any atom is 0.0981 e. The maximum atomic E-state index is 9.89. The Bertz CT molecular complexity index is 605. The molecule has 1 aromatic carbocycles. The predicted molar refractivity (Wildman–Crippen MR) is 107 cm³/mol.